The van der Waals surface area contributed by atoms with Crippen molar-refractivity contribution >= 4 is 0 Å². The Balaban J connectivity index is 1.95. The summed E-state index contributed by atoms with van der Waals surface area (Å²) in [5.41, 5.74) is -0.0696. The van der Waals surface area contributed by atoms with Crippen LogP contribution in [-0.2, 0) is 0 Å². The van der Waals surface area contributed by atoms with E-state index in [0.717, 1.165) is 12.3 Å². The topological polar surface area (TPSA) is 29.4 Å². The van der Waals surface area contributed by atoms with Crippen molar-refractivity contribution in [3.63, 3.8) is 0 Å². The fourth-order valence-electron chi connectivity index (χ4n) is 3.01. The second-order valence-corrected chi connectivity index (χ2v) is 4.15. The zero-order valence-corrected chi connectivity index (χ0v) is 7.21. The average Bonchev–Trinajstić information content (AvgIpc) is 2.42. The SMILES string of the molecule is CCCC1CC2(N=O)C(C)C12. The van der Waals surface area contributed by atoms with E-state index in [9.17, 15) is 4.91 Å². The third kappa shape index (κ3) is 0.678. The van der Waals surface area contributed by atoms with Crippen molar-refractivity contribution < 1.29 is 0 Å². The van der Waals surface area contributed by atoms with Crippen molar-refractivity contribution in [3.05, 3.63) is 4.91 Å². The van der Waals surface area contributed by atoms with Crippen molar-refractivity contribution in [1.82, 2.24) is 0 Å². The van der Waals surface area contributed by atoms with Crippen molar-refractivity contribution in [2.45, 2.75) is 38.6 Å². The average molecular weight is 153 g/mol. The Bertz CT molecular complexity index is 192. The van der Waals surface area contributed by atoms with Crippen LogP contribution in [-0.4, -0.2) is 5.54 Å². The Morgan fingerprint density at radius 1 is 1.64 bits per heavy atom. The number of nitrogens with zero attached hydrogens (tertiary/aromatic N) is 1. The van der Waals surface area contributed by atoms with Crippen molar-refractivity contribution in [1.29, 1.82) is 0 Å². The largest absolute Gasteiger partial charge is 0.150 e. The molecule has 0 spiro atoms. The maximum atomic E-state index is 10.5. The third-order valence-corrected chi connectivity index (χ3v) is 3.72. The van der Waals surface area contributed by atoms with E-state index >= 15 is 0 Å². The van der Waals surface area contributed by atoms with Gasteiger partial charge in [-0.25, -0.2) is 0 Å². The van der Waals surface area contributed by atoms with E-state index in [1.165, 1.54) is 12.8 Å². The van der Waals surface area contributed by atoms with Crippen molar-refractivity contribution in [2.24, 2.45) is 22.9 Å². The smallest absolute Gasteiger partial charge is 0.109 e. The van der Waals surface area contributed by atoms with Crippen LogP contribution >= 0.6 is 0 Å². The number of rotatable bonds is 3. The van der Waals surface area contributed by atoms with Gasteiger partial charge in [0.05, 0.1) is 0 Å². The zero-order chi connectivity index (χ0) is 8.06. The first-order valence-electron chi connectivity index (χ1n) is 4.60. The monoisotopic (exact) mass is 153 g/mol. The molecule has 0 aliphatic heterocycles. The van der Waals surface area contributed by atoms with Crippen LogP contribution < -0.4 is 0 Å². The van der Waals surface area contributed by atoms with Gasteiger partial charge in [-0.1, -0.05) is 31.9 Å². The van der Waals surface area contributed by atoms with Crippen LogP contribution in [0.2, 0.25) is 0 Å². The first kappa shape index (κ1) is 7.26. The lowest BCUT2D eigenvalue weighted by Crippen LogP contribution is -2.29. The van der Waals surface area contributed by atoms with Crippen LogP contribution in [0.25, 0.3) is 0 Å². The minimum Gasteiger partial charge on any atom is -0.150 e. The molecule has 4 unspecified atom stereocenters. The molecule has 0 N–H and O–H groups in total. The molecular formula is C9H15NO. The van der Waals surface area contributed by atoms with Gasteiger partial charge in [-0.3, -0.25) is 0 Å². The van der Waals surface area contributed by atoms with Gasteiger partial charge in [-0.05, 0) is 24.2 Å². The lowest BCUT2D eigenvalue weighted by molar-refractivity contribution is 0.235. The van der Waals surface area contributed by atoms with E-state index in [0.29, 0.717) is 11.8 Å². The van der Waals surface area contributed by atoms with E-state index < -0.39 is 0 Å². The summed E-state index contributed by atoms with van der Waals surface area (Å²) in [7, 11) is 0. The lowest BCUT2D eigenvalue weighted by Gasteiger charge is -2.28. The Kier molecular flexibility index (Phi) is 1.35. The number of nitroso groups, excluding NO2 is 1. The van der Waals surface area contributed by atoms with Gasteiger partial charge in [0.15, 0.2) is 0 Å². The van der Waals surface area contributed by atoms with Crippen molar-refractivity contribution in [3.8, 4) is 0 Å². The number of hydrogen-bond acceptors (Lipinski definition) is 2. The molecule has 2 saturated carbocycles. The summed E-state index contributed by atoms with van der Waals surface area (Å²) in [5, 5.41) is 3.26. The summed E-state index contributed by atoms with van der Waals surface area (Å²) in [6.07, 6.45) is 3.63. The third-order valence-electron chi connectivity index (χ3n) is 3.72. The fourth-order valence-corrected chi connectivity index (χ4v) is 3.01. The maximum Gasteiger partial charge on any atom is 0.109 e. The molecule has 0 aromatic heterocycles. The zero-order valence-electron chi connectivity index (χ0n) is 7.21. The van der Waals surface area contributed by atoms with Crippen LogP contribution in [0, 0.1) is 22.7 Å². The highest BCUT2D eigenvalue weighted by molar-refractivity contribution is 5.26. The van der Waals surface area contributed by atoms with E-state index in [1.54, 1.807) is 0 Å². The van der Waals surface area contributed by atoms with E-state index in [1.807, 2.05) is 0 Å². The second-order valence-electron chi connectivity index (χ2n) is 4.15. The quantitative estimate of drug-likeness (QED) is 0.573. The van der Waals surface area contributed by atoms with Crippen LogP contribution in [0.5, 0.6) is 0 Å². The summed E-state index contributed by atoms with van der Waals surface area (Å²) >= 11 is 0. The van der Waals surface area contributed by atoms with Crippen LogP contribution in [0.4, 0.5) is 0 Å². The predicted molar refractivity (Wildman–Crippen MR) is 44.2 cm³/mol. The molecule has 0 amide bonds. The molecule has 4 atom stereocenters. The molecule has 2 rings (SSSR count). The standard InChI is InChI=1S/C9H15NO/c1-3-4-7-5-9(10-11)6(2)8(7)9/h6-8H,3-5H2,1-2H3. The van der Waals surface area contributed by atoms with Gasteiger partial charge >= 0.3 is 0 Å². The van der Waals surface area contributed by atoms with Gasteiger partial charge in [0.1, 0.15) is 5.54 Å². The molecule has 0 saturated heterocycles. The molecular weight excluding hydrogens is 138 g/mol. The van der Waals surface area contributed by atoms with Crippen LogP contribution in [0.15, 0.2) is 5.18 Å². The molecule has 11 heavy (non-hydrogen) atoms. The normalized spacial score (nSPS) is 52.7. The lowest BCUT2D eigenvalue weighted by atomic mass is 9.78. The Labute approximate surface area is 67.3 Å². The molecule has 62 valence electrons. The highest BCUT2D eigenvalue weighted by atomic mass is 16.3. The minimum absolute atomic E-state index is 0.0696. The summed E-state index contributed by atoms with van der Waals surface area (Å²) in [4.78, 5) is 10.5. The number of fused-ring (bicyclic) bond motifs is 1. The first-order valence-corrected chi connectivity index (χ1v) is 4.60. The minimum atomic E-state index is -0.0696. The summed E-state index contributed by atoms with van der Waals surface area (Å²) in [6, 6.07) is 0. The van der Waals surface area contributed by atoms with Gasteiger partial charge in [0.25, 0.3) is 0 Å². The molecule has 2 aliphatic carbocycles. The Morgan fingerprint density at radius 3 is 2.73 bits per heavy atom. The van der Waals surface area contributed by atoms with Crippen LogP contribution in [0.1, 0.15) is 33.1 Å². The Hall–Kier alpha value is -0.400. The maximum absolute atomic E-state index is 10.5. The second kappa shape index (κ2) is 2.05. The van der Waals surface area contributed by atoms with E-state index in [2.05, 4.69) is 19.0 Å². The van der Waals surface area contributed by atoms with Gasteiger partial charge < -0.3 is 0 Å². The van der Waals surface area contributed by atoms with Gasteiger partial charge in [-0.15, -0.1) is 0 Å². The number of hydrogen-bond donors (Lipinski definition) is 0. The molecule has 0 bridgehead atoms. The van der Waals surface area contributed by atoms with Crippen LogP contribution in [0.3, 0.4) is 0 Å². The van der Waals surface area contributed by atoms with Crippen molar-refractivity contribution in [2.75, 3.05) is 0 Å². The molecule has 2 heteroatoms. The highest BCUT2D eigenvalue weighted by Gasteiger charge is 2.74. The molecule has 2 aliphatic rings. The molecule has 0 radical (unpaired) electrons. The predicted octanol–water partition coefficient (Wildman–Crippen LogP) is 2.58. The highest BCUT2D eigenvalue weighted by Crippen LogP contribution is 2.71. The molecule has 0 heterocycles. The van der Waals surface area contributed by atoms with Gasteiger partial charge in [0.2, 0.25) is 0 Å². The molecule has 2 fully saturated rings. The first-order chi connectivity index (χ1) is 5.26. The molecule has 0 aromatic carbocycles. The summed E-state index contributed by atoms with van der Waals surface area (Å²) in [6.45, 7) is 4.38. The molecule has 0 aromatic rings. The van der Waals surface area contributed by atoms with Gasteiger partial charge in [0, 0.05) is 0 Å². The summed E-state index contributed by atoms with van der Waals surface area (Å²) in [5.74, 6) is 2.09. The molecule has 2 nitrogen and oxygen atoms in total. The van der Waals surface area contributed by atoms with E-state index in [4.69, 9.17) is 0 Å². The van der Waals surface area contributed by atoms with E-state index in [-0.39, 0.29) is 5.54 Å². The fraction of sp³-hybridized carbons (Fsp3) is 1.00. The Morgan fingerprint density at radius 2 is 2.36 bits per heavy atom. The summed E-state index contributed by atoms with van der Waals surface area (Å²) < 4.78 is 0. The van der Waals surface area contributed by atoms with Gasteiger partial charge in [-0.2, -0.15) is 4.91 Å².